The molecule has 0 bridgehead atoms. The molecule has 0 aliphatic heterocycles. The van der Waals surface area contributed by atoms with Gasteiger partial charge in [0.1, 0.15) is 16.2 Å². The first kappa shape index (κ1) is 14.8. The SMILES string of the molecule is CSCCCCCCNc1cc(Br)nc(C)n1. The highest BCUT2D eigenvalue weighted by molar-refractivity contribution is 9.10. The quantitative estimate of drug-likeness (QED) is 0.583. The fourth-order valence-electron chi connectivity index (χ4n) is 1.56. The minimum atomic E-state index is 0.793. The second-order valence-corrected chi connectivity index (χ2v) is 5.75. The van der Waals surface area contributed by atoms with Gasteiger partial charge in [0.05, 0.1) is 0 Å². The van der Waals surface area contributed by atoms with Gasteiger partial charge in [-0.15, -0.1) is 0 Å². The maximum atomic E-state index is 4.33. The van der Waals surface area contributed by atoms with Gasteiger partial charge in [-0.1, -0.05) is 12.8 Å². The second-order valence-electron chi connectivity index (χ2n) is 3.96. The van der Waals surface area contributed by atoms with Crippen LogP contribution in [0.1, 0.15) is 31.5 Å². The number of unbranched alkanes of at least 4 members (excludes halogenated alkanes) is 3. The van der Waals surface area contributed by atoms with E-state index in [0.29, 0.717) is 0 Å². The lowest BCUT2D eigenvalue weighted by molar-refractivity contribution is 0.688. The van der Waals surface area contributed by atoms with Crippen molar-refractivity contribution in [2.45, 2.75) is 32.6 Å². The van der Waals surface area contributed by atoms with E-state index in [1.165, 1.54) is 31.4 Å². The lowest BCUT2D eigenvalue weighted by atomic mass is 10.2. The van der Waals surface area contributed by atoms with Gasteiger partial charge in [0.2, 0.25) is 0 Å². The standard InChI is InChI=1S/C12H20BrN3S/c1-10-15-11(13)9-12(16-10)14-7-5-3-4-6-8-17-2/h9H,3-8H2,1-2H3,(H,14,15,16). The molecule has 0 saturated heterocycles. The van der Waals surface area contributed by atoms with Crippen LogP contribution in [0.3, 0.4) is 0 Å². The molecule has 0 amide bonds. The van der Waals surface area contributed by atoms with Gasteiger partial charge in [0.25, 0.3) is 0 Å². The largest absolute Gasteiger partial charge is 0.370 e. The average molecular weight is 318 g/mol. The zero-order chi connectivity index (χ0) is 12.5. The summed E-state index contributed by atoms with van der Waals surface area (Å²) in [7, 11) is 0. The smallest absolute Gasteiger partial charge is 0.130 e. The number of hydrogen-bond donors (Lipinski definition) is 1. The van der Waals surface area contributed by atoms with Gasteiger partial charge >= 0.3 is 0 Å². The van der Waals surface area contributed by atoms with Gasteiger partial charge in [-0.25, -0.2) is 9.97 Å². The molecule has 3 nitrogen and oxygen atoms in total. The van der Waals surface area contributed by atoms with Crippen molar-refractivity contribution in [1.29, 1.82) is 0 Å². The summed E-state index contributed by atoms with van der Waals surface area (Å²) < 4.78 is 0.840. The molecule has 0 saturated carbocycles. The first-order chi connectivity index (χ1) is 8.22. The molecule has 0 atom stereocenters. The molecule has 1 heterocycles. The minimum Gasteiger partial charge on any atom is -0.370 e. The molecular weight excluding hydrogens is 298 g/mol. The number of hydrogen-bond acceptors (Lipinski definition) is 4. The van der Waals surface area contributed by atoms with Crippen molar-refractivity contribution >= 4 is 33.5 Å². The molecule has 0 fully saturated rings. The second kappa shape index (κ2) is 8.75. The monoisotopic (exact) mass is 317 g/mol. The molecule has 1 rings (SSSR count). The number of aryl methyl sites for hydroxylation is 1. The van der Waals surface area contributed by atoms with E-state index in [1.54, 1.807) is 0 Å². The predicted molar refractivity (Wildman–Crippen MR) is 79.8 cm³/mol. The summed E-state index contributed by atoms with van der Waals surface area (Å²) in [6.07, 6.45) is 7.32. The molecule has 0 radical (unpaired) electrons. The molecule has 1 aromatic heterocycles. The Morgan fingerprint density at radius 2 is 2.00 bits per heavy atom. The Balaban J connectivity index is 2.13. The van der Waals surface area contributed by atoms with Crippen molar-refractivity contribution in [3.05, 3.63) is 16.5 Å². The van der Waals surface area contributed by atoms with Crippen molar-refractivity contribution in [3.63, 3.8) is 0 Å². The molecular formula is C12H20BrN3S. The number of nitrogens with one attached hydrogen (secondary N) is 1. The van der Waals surface area contributed by atoms with E-state index >= 15 is 0 Å². The Morgan fingerprint density at radius 3 is 2.71 bits per heavy atom. The molecule has 0 aliphatic rings. The maximum Gasteiger partial charge on any atom is 0.130 e. The van der Waals surface area contributed by atoms with E-state index in [1.807, 2.05) is 24.8 Å². The van der Waals surface area contributed by atoms with Crippen LogP contribution < -0.4 is 5.32 Å². The van der Waals surface area contributed by atoms with Crippen LogP contribution in [0.5, 0.6) is 0 Å². The van der Waals surface area contributed by atoms with Crippen molar-refractivity contribution < 1.29 is 0 Å². The Bertz CT molecular complexity index is 313. The molecule has 0 spiro atoms. The van der Waals surface area contributed by atoms with Crippen molar-refractivity contribution in [2.24, 2.45) is 0 Å². The zero-order valence-corrected chi connectivity index (χ0v) is 12.9. The lowest BCUT2D eigenvalue weighted by Gasteiger charge is -2.06. The zero-order valence-electron chi connectivity index (χ0n) is 10.5. The van der Waals surface area contributed by atoms with E-state index in [0.717, 1.165) is 22.8 Å². The third kappa shape index (κ3) is 6.88. The van der Waals surface area contributed by atoms with Gasteiger partial charge in [-0.05, 0) is 47.7 Å². The summed E-state index contributed by atoms with van der Waals surface area (Å²) in [6, 6.07) is 1.92. The highest BCUT2D eigenvalue weighted by Gasteiger charge is 1.98. The van der Waals surface area contributed by atoms with Crippen LogP contribution in [0.15, 0.2) is 10.7 Å². The highest BCUT2D eigenvalue weighted by atomic mass is 79.9. The minimum absolute atomic E-state index is 0.793. The Labute approximate surface area is 116 Å². The van der Waals surface area contributed by atoms with Crippen LogP contribution in [0.25, 0.3) is 0 Å². The first-order valence-corrected chi connectivity index (χ1v) is 8.15. The summed E-state index contributed by atoms with van der Waals surface area (Å²) in [6.45, 7) is 2.89. The number of rotatable bonds is 8. The van der Waals surface area contributed by atoms with E-state index < -0.39 is 0 Å². The van der Waals surface area contributed by atoms with Crippen molar-refractivity contribution in [2.75, 3.05) is 23.9 Å². The number of anilines is 1. The Kier molecular flexibility index (Phi) is 7.60. The van der Waals surface area contributed by atoms with Gasteiger partial charge in [-0.3, -0.25) is 0 Å². The Morgan fingerprint density at radius 1 is 1.24 bits per heavy atom. The van der Waals surface area contributed by atoms with E-state index in [-0.39, 0.29) is 0 Å². The molecule has 0 aliphatic carbocycles. The molecule has 0 aromatic carbocycles. The summed E-state index contributed by atoms with van der Waals surface area (Å²) in [5.74, 6) is 2.99. The summed E-state index contributed by atoms with van der Waals surface area (Å²) in [5.41, 5.74) is 0. The van der Waals surface area contributed by atoms with Crippen molar-refractivity contribution in [3.8, 4) is 0 Å². The van der Waals surface area contributed by atoms with Crippen LogP contribution >= 0.6 is 27.7 Å². The van der Waals surface area contributed by atoms with E-state index in [9.17, 15) is 0 Å². The van der Waals surface area contributed by atoms with Crippen LogP contribution in [0, 0.1) is 6.92 Å². The lowest BCUT2D eigenvalue weighted by Crippen LogP contribution is -2.04. The van der Waals surface area contributed by atoms with Gasteiger partial charge in [0, 0.05) is 12.6 Å². The van der Waals surface area contributed by atoms with Crippen LogP contribution in [0.4, 0.5) is 5.82 Å². The third-order valence-corrected chi connectivity index (χ3v) is 3.49. The van der Waals surface area contributed by atoms with Gasteiger partial charge in [-0.2, -0.15) is 11.8 Å². The number of nitrogens with zero attached hydrogens (tertiary/aromatic N) is 2. The molecule has 17 heavy (non-hydrogen) atoms. The molecule has 1 aromatic rings. The molecule has 5 heteroatoms. The fraction of sp³-hybridized carbons (Fsp3) is 0.667. The number of aromatic nitrogens is 2. The Hall–Kier alpha value is -0.290. The van der Waals surface area contributed by atoms with E-state index in [2.05, 4.69) is 37.5 Å². The van der Waals surface area contributed by atoms with Crippen LogP contribution in [-0.4, -0.2) is 28.5 Å². The molecule has 1 N–H and O–H groups in total. The summed E-state index contributed by atoms with van der Waals surface area (Å²) in [5, 5.41) is 3.33. The topological polar surface area (TPSA) is 37.8 Å². The van der Waals surface area contributed by atoms with Crippen LogP contribution in [-0.2, 0) is 0 Å². The van der Waals surface area contributed by atoms with Crippen LogP contribution in [0.2, 0.25) is 0 Å². The maximum absolute atomic E-state index is 4.33. The normalized spacial score (nSPS) is 10.5. The van der Waals surface area contributed by atoms with E-state index in [4.69, 9.17) is 0 Å². The average Bonchev–Trinajstić information content (AvgIpc) is 2.26. The number of thioether (sulfide) groups is 1. The highest BCUT2D eigenvalue weighted by Crippen LogP contribution is 2.12. The van der Waals surface area contributed by atoms with Gasteiger partial charge < -0.3 is 5.32 Å². The van der Waals surface area contributed by atoms with Gasteiger partial charge in [0.15, 0.2) is 0 Å². The molecule has 96 valence electrons. The summed E-state index contributed by atoms with van der Waals surface area (Å²) >= 11 is 5.30. The predicted octanol–water partition coefficient (Wildman–Crippen LogP) is 3.88. The third-order valence-electron chi connectivity index (χ3n) is 2.39. The van der Waals surface area contributed by atoms with Crippen molar-refractivity contribution in [1.82, 2.24) is 9.97 Å². The fourth-order valence-corrected chi connectivity index (χ4v) is 2.53. The number of halogens is 1. The first-order valence-electron chi connectivity index (χ1n) is 5.96. The summed E-state index contributed by atoms with van der Waals surface area (Å²) in [4.78, 5) is 8.50. The molecule has 0 unspecified atom stereocenters.